The van der Waals surface area contributed by atoms with Crippen LogP contribution in [0.2, 0.25) is 0 Å². The predicted molar refractivity (Wildman–Crippen MR) is 112 cm³/mol. The SMILES string of the molecule is Nc1c(NC23CC4CC(CC(C4)C2)C3)ncnc1N1CCc2ccccc2C1. The first-order valence-electron chi connectivity index (χ1n) is 10.9. The van der Waals surface area contributed by atoms with Crippen LogP contribution in [0, 0.1) is 17.8 Å². The van der Waals surface area contributed by atoms with E-state index in [1.807, 2.05) is 0 Å². The molecule has 4 saturated carbocycles. The normalized spacial score (nSPS) is 33.0. The largest absolute Gasteiger partial charge is 0.393 e. The maximum absolute atomic E-state index is 6.63. The number of hydrogen-bond acceptors (Lipinski definition) is 5. The van der Waals surface area contributed by atoms with Gasteiger partial charge in [-0.2, -0.15) is 0 Å². The average Bonchev–Trinajstić information content (AvgIpc) is 2.68. The summed E-state index contributed by atoms with van der Waals surface area (Å²) in [6.45, 7) is 1.82. The standard InChI is InChI=1S/C23H29N5/c24-20-21(27-23-10-15-7-16(11-23)9-17(8-15)12-23)25-14-26-22(20)28-6-5-18-3-1-2-4-19(18)13-28/h1-4,14-17H,5-13,24H2,(H,25,26,27). The molecule has 0 amide bonds. The van der Waals surface area contributed by atoms with Gasteiger partial charge in [-0.25, -0.2) is 9.97 Å². The van der Waals surface area contributed by atoms with Crippen molar-refractivity contribution in [3.05, 3.63) is 41.7 Å². The quantitative estimate of drug-likeness (QED) is 0.849. The molecule has 0 unspecified atom stereocenters. The Morgan fingerprint density at radius 3 is 2.36 bits per heavy atom. The van der Waals surface area contributed by atoms with E-state index >= 15 is 0 Å². The number of nitrogens with one attached hydrogen (secondary N) is 1. The van der Waals surface area contributed by atoms with Crippen LogP contribution in [0.1, 0.15) is 49.7 Å². The highest BCUT2D eigenvalue weighted by Crippen LogP contribution is 2.56. The van der Waals surface area contributed by atoms with Crippen molar-refractivity contribution in [1.82, 2.24) is 9.97 Å². The fraction of sp³-hybridized carbons (Fsp3) is 0.565. The number of nitrogen functional groups attached to an aromatic ring is 1. The van der Waals surface area contributed by atoms with E-state index < -0.39 is 0 Å². The molecule has 0 radical (unpaired) electrons. The minimum Gasteiger partial charge on any atom is -0.393 e. The zero-order valence-corrected chi connectivity index (χ0v) is 16.4. The van der Waals surface area contributed by atoms with Gasteiger partial charge in [0.25, 0.3) is 0 Å². The number of anilines is 3. The van der Waals surface area contributed by atoms with Crippen molar-refractivity contribution in [2.75, 3.05) is 22.5 Å². The third-order valence-electron chi connectivity index (χ3n) is 7.71. The molecule has 4 fully saturated rings. The van der Waals surface area contributed by atoms with E-state index in [4.69, 9.17) is 5.73 Å². The number of aromatic nitrogens is 2. The van der Waals surface area contributed by atoms with Gasteiger partial charge in [0.05, 0.1) is 0 Å². The molecule has 7 rings (SSSR count). The summed E-state index contributed by atoms with van der Waals surface area (Å²) in [6.07, 6.45) is 10.9. The van der Waals surface area contributed by atoms with Gasteiger partial charge < -0.3 is 16.0 Å². The summed E-state index contributed by atoms with van der Waals surface area (Å²) in [5.41, 5.74) is 10.4. The van der Waals surface area contributed by atoms with Gasteiger partial charge in [0.1, 0.15) is 12.0 Å². The van der Waals surface area contributed by atoms with E-state index in [9.17, 15) is 0 Å². The van der Waals surface area contributed by atoms with Gasteiger partial charge in [0.2, 0.25) is 0 Å². The molecule has 1 aromatic heterocycles. The van der Waals surface area contributed by atoms with Gasteiger partial charge in [-0.05, 0) is 73.8 Å². The molecule has 1 aromatic carbocycles. The van der Waals surface area contributed by atoms with Gasteiger partial charge in [0, 0.05) is 18.6 Å². The minimum absolute atomic E-state index is 0.211. The van der Waals surface area contributed by atoms with Crippen molar-refractivity contribution >= 4 is 17.3 Å². The Labute approximate surface area is 166 Å². The Kier molecular flexibility index (Phi) is 3.62. The van der Waals surface area contributed by atoms with E-state index in [0.717, 1.165) is 54.6 Å². The van der Waals surface area contributed by atoms with Gasteiger partial charge in [-0.3, -0.25) is 0 Å². The van der Waals surface area contributed by atoms with Gasteiger partial charge in [0.15, 0.2) is 11.6 Å². The Balaban J connectivity index is 1.28. The summed E-state index contributed by atoms with van der Waals surface area (Å²) in [7, 11) is 0. The summed E-state index contributed by atoms with van der Waals surface area (Å²) in [5.74, 6) is 4.45. The molecule has 0 saturated heterocycles. The van der Waals surface area contributed by atoms with Crippen molar-refractivity contribution in [1.29, 1.82) is 0 Å². The molecule has 2 aromatic rings. The molecule has 5 heteroatoms. The number of fused-ring (bicyclic) bond motifs is 1. The van der Waals surface area contributed by atoms with Gasteiger partial charge in [-0.15, -0.1) is 0 Å². The van der Waals surface area contributed by atoms with E-state index in [-0.39, 0.29) is 5.54 Å². The van der Waals surface area contributed by atoms with Crippen LogP contribution in [0.5, 0.6) is 0 Å². The number of nitrogens with zero attached hydrogens (tertiary/aromatic N) is 3. The number of benzene rings is 1. The third kappa shape index (κ3) is 2.66. The van der Waals surface area contributed by atoms with E-state index in [2.05, 4.69) is 44.5 Å². The lowest BCUT2D eigenvalue weighted by molar-refractivity contribution is 0.0106. The fourth-order valence-corrected chi connectivity index (χ4v) is 6.93. The Morgan fingerprint density at radius 2 is 1.64 bits per heavy atom. The molecular formula is C23H29N5. The van der Waals surface area contributed by atoms with Crippen molar-refractivity contribution in [2.24, 2.45) is 17.8 Å². The number of hydrogen-bond donors (Lipinski definition) is 2. The molecule has 4 bridgehead atoms. The predicted octanol–water partition coefficient (Wildman–Crippen LogP) is 4.00. The average molecular weight is 376 g/mol. The van der Waals surface area contributed by atoms with Crippen LogP contribution in [0.15, 0.2) is 30.6 Å². The van der Waals surface area contributed by atoms with Gasteiger partial charge in [-0.1, -0.05) is 24.3 Å². The van der Waals surface area contributed by atoms with Crippen LogP contribution in [-0.2, 0) is 13.0 Å². The topological polar surface area (TPSA) is 67.1 Å². The highest BCUT2D eigenvalue weighted by molar-refractivity contribution is 5.75. The van der Waals surface area contributed by atoms with Crippen LogP contribution in [0.25, 0.3) is 0 Å². The Bertz CT molecular complexity index is 872. The molecule has 5 aliphatic rings. The maximum atomic E-state index is 6.63. The van der Waals surface area contributed by atoms with Crippen molar-refractivity contribution in [2.45, 2.75) is 57.0 Å². The van der Waals surface area contributed by atoms with Crippen LogP contribution < -0.4 is 16.0 Å². The summed E-state index contributed by atoms with van der Waals surface area (Å²) in [4.78, 5) is 11.5. The summed E-state index contributed by atoms with van der Waals surface area (Å²) in [6, 6.07) is 8.69. The third-order valence-corrected chi connectivity index (χ3v) is 7.71. The molecule has 3 N–H and O–H groups in total. The Hall–Kier alpha value is -2.30. The van der Waals surface area contributed by atoms with Crippen LogP contribution >= 0.6 is 0 Å². The smallest absolute Gasteiger partial charge is 0.157 e. The molecule has 0 atom stereocenters. The van der Waals surface area contributed by atoms with E-state index in [1.165, 1.54) is 49.7 Å². The molecule has 146 valence electrons. The van der Waals surface area contributed by atoms with Crippen LogP contribution in [0.3, 0.4) is 0 Å². The first kappa shape index (κ1) is 16.6. The van der Waals surface area contributed by atoms with Crippen LogP contribution in [-0.4, -0.2) is 22.1 Å². The lowest BCUT2D eigenvalue weighted by Gasteiger charge is -2.57. The number of nitrogens with two attached hydrogens (primary N) is 1. The monoisotopic (exact) mass is 375 g/mol. The van der Waals surface area contributed by atoms with Crippen molar-refractivity contribution in [3.63, 3.8) is 0 Å². The molecule has 0 spiro atoms. The second-order valence-corrected chi connectivity index (χ2v) is 9.72. The molecule has 2 heterocycles. The summed E-state index contributed by atoms with van der Waals surface area (Å²) < 4.78 is 0. The minimum atomic E-state index is 0.211. The molecule has 28 heavy (non-hydrogen) atoms. The first-order valence-corrected chi connectivity index (χ1v) is 10.9. The van der Waals surface area contributed by atoms with Crippen LogP contribution in [0.4, 0.5) is 17.3 Å². The highest BCUT2D eigenvalue weighted by atomic mass is 15.2. The summed E-state index contributed by atoms with van der Waals surface area (Å²) in [5, 5.41) is 3.85. The lowest BCUT2D eigenvalue weighted by atomic mass is 9.53. The zero-order valence-electron chi connectivity index (χ0n) is 16.4. The van der Waals surface area contributed by atoms with E-state index in [0.29, 0.717) is 0 Å². The molecule has 5 nitrogen and oxygen atoms in total. The molecular weight excluding hydrogens is 346 g/mol. The van der Waals surface area contributed by atoms with E-state index in [1.54, 1.807) is 6.33 Å². The number of rotatable bonds is 3. The maximum Gasteiger partial charge on any atom is 0.157 e. The second-order valence-electron chi connectivity index (χ2n) is 9.72. The van der Waals surface area contributed by atoms with Crippen molar-refractivity contribution in [3.8, 4) is 0 Å². The van der Waals surface area contributed by atoms with Gasteiger partial charge >= 0.3 is 0 Å². The Morgan fingerprint density at radius 1 is 0.964 bits per heavy atom. The summed E-state index contributed by atoms with van der Waals surface area (Å²) >= 11 is 0. The first-order chi connectivity index (χ1) is 13.7. The highest BCUT2D eigenvalue weighted by Gasteiger charge is 2.51. The van der Waals surface area contributed by atoms with Crippen molar-refractivity contribution < 1.29 is 0 Å². The molecule has 4 aliphatic carbocycles. The zero-order chi connectivity index (χ0) is 18.7. The fourth-order valence-electron chi connectivity index (χ4n) is 6.93. The lowest BCUT2D eigenvalue weighted by Crippen LogP contribution is -2.55. The second kappa shape index (κ2) is 6.10. The molecule has 1 aliphatic heterocycles.